The lowest BCUT2D eigenvalue weighted by Gasteiger charge is -2.42. The fourth-order valence-corrected chi connectivity index (χ4v) is 2.34. The number of carbonyl (C=O) groups is 1. The Balaban J connectivity index is 1.85. The summed E-state index contributed by atoms with van der Waals surface area (Å²) >= 11 is 0. The zero-order chi connectivity index (χ0) is 13.1. The van der Waals surface area contributed by atoms with E-state index >= 15 is 0 Å². The number of aromatic nitrogens is 3. The minimum Gasteiger partial charge on any atom is -0.340 e. The summed E-state index contributed by atoms with van der Waals surface area (Å²) in [6.07, 6.45) is 2.60. The van der Waals surface area contributed by atoms with Crippen LogP contribution in [0.5, 0.6) is 0 Å². The molecule has 100 valence electrons. The number of piperazine rings is 1. The van der Waals surface area contributed by atoms with Gasteiger partial charge in [-0.3, -0.25) is 14.8 Å². The number of H-pyrrole nitrogens is 1. The molecule has 0 aliphatic carbocycles. The maximum atomic E-state index is 12.1. The molecule has 0 bridgehead atoms. The molecule has 0 unspecified atom stereocenters. The Labute approximate surface area is 107 Å². The van der Waals surface area contributed by atoms with Crippen LogP contribution < -0.4 is 0 Å². The van der Waals surface area contributed by atoms with Crippen LogP contribution in [0, 0.1) is 0 Å². The minimum atomic E-state index is 0.207. The highest BCUT2D eigenvalue weighted by molar-refractivity contribution is 5.76. The first kappa shape index (κ1) is 13.0. The average molecular weight is 251 g/mol. The highest BCUT2D eigenvalue weighted by Crippen LogP contribution is 2.14. The maximum Gasteiger partial charge on any atom is 0.223 e. The molecular formula is C12H21N5O. The standard InChI is InChI=1S/C12H21N5O/c1-9-6-17(7-10(2)16(9)3)12(18)5-4-11-13-8-14-15-11/h8-10H,4-7H2,1-3H3,(H,13,14,15)/t9-,10+. The quantitative estimate of drug-likeness (QED) is 0.838. The number of hydrogen-bond acceptors (Lipinski definition) is 4. The maximum absolute atomic E-state index is 12.1. The molecule has 1 aliphatic heterocycles. The Morgan fingerprint density at radius 2 is 2.11 bits per heavy atom. The lowest BCUT2D eigenvalue weighted by atomic mass is 10.1. The molecule has 0 radical (unpaired) electrons. The molecule has 6 heteroatoms. The van der Waals surface area contributed by atoms with Gasteiger partial charge in [-0.05, 0) is 20.9 Å². The first-order valence-corrected chi connectivity index (χ1v) is 6.42. The molecule has 0 aromatic carbocycles. The summed E-state index contributed by atoms with van der Waals surface area (Å²) in [7, 11) is 2.12. The fraction of sp³-hybridized carbons (Fsp3) is 0.750. The Morgan fingerprint density at radius 3 is 2.67 bits per heavy atom. The van der Waals surface area contributed by atoms with Crippen LogP contribution in [0.3, 0.4) is 0 Å². The third kappa shape index (κ3) is 2.87. The first-order chi connectivity index (χ1) is 8.58. The van der Waals surface area contributed by atoms with Crippen LogP contribution in [0.25, 0.3) is 0 Å². The number of rotatable bonds is 3. The molecule has 2 heterocycles. The van der Waals surface area contributed by atoms with Crippen LogP contribution in [0.15, 0.2) is 6.33 Å². The summed E-state index contributed by atoms with van der Waals surface area (Å²) < 4.78 is 0. The van der Waals surface area contributed by atoms with E-state index < -0.39 is 0 Å². The van der Waals surface area contributed by atoms with Crippen molar-refractivity contribution in [3.63, 3.8) is 0 Å². The van der Waals surface area contributed by atoms with Crippen LogP contribution in [0.2, 0.25) is 0 Å². The van der Waals surface area contributed by atoms with Crippen LogP contribution in [-0.2, 0) is 11.2 Å². The van der Waals surface area contributed by atoms with Crippen molar-refractivity contribution in [2.24, 2.45) is 0 Å². The third-order valence-electron chi connectivity index (χ3n) is 3.75. The molecule has 1 fully saturated rings. The normalized spacial score (nSPS) is 25.4. The second-order valence-electron chi connectivity index (χ2n) is 5.09. The molecule has 1 aromatic rings. The van der Waals surface area contributed by atoms with E-state index in [0.717, 1.165) is 18.9 Å². The summed E-state index contributed by atoms with van der Waals surface area (Å²) in [6, 6.07) is 0.839. The molecule has 1 saturated heterocycles. The molecule has 18 heavy (non-hydrogen) atoms. The van der Waals surface area contributed by atoms with Crippen molar-refractivity contribution in [2.45, 2.75) is 38.8 Å². The summed E-state index contributed by atoms with van der Waals surface area (Å²) in [5.74, 6) is 0.983. The highest BCUT2D eigenvalue weighted by Gasteiger charge is 2.28. The molecule has 6 nitrogen and oxygen atoms in total. The molecule has 2 atom stereocenters. The fourth-order valence-electron chi connectivity index (χ4n) is 2.34. The molecule has 1 N–H and O–H groups in total. The van der Waals surface area contributed by atoms with Crippen molar-refractivity contribution in [2.75, 3.05) is 20.1 Å². The lowest BCUT2D eigenvalue weighted by Crippen LogP contribution is -2.56. The zero-order valence-corrected chi connectivity index (χ0v) is 11.3. The van der Waals surface area contributed by atoms with Crippen LogP contribution in [-0.4, -0.2) is 63.1 Å². The van der Waals surface area contributed by atoms with Crippen molar-refractivity contribution in [3.05, 3.63) is 12.2 Å². The monoisotopic (exact) mass is 251 g/mol. The largest absolute Gasteiger partial charge is 0.340 e. The van der Waals surface area contributed by atoms with E-state index in [0.29, 0.717) is 24.9 Å². The van der Waals surface area contributed by atoms with Crippen molar-refractivity contribution >= 4 is 5.91 Å². The molecule has 2 rings (SSSR count). The summed E-state index contributed by atoms with van der Waals surface area (Å²) in [5, 5.41) is 6.56. The molecule has 0 saturated carbocycles. The third-order valence-corrected chi connectivity index (χ3v) is 3.75. The smallest absolute Gasteiger partial charge is 0.223 e. The Morgan fingerprint density at radius 1 is 1.44 bits per heavy atom. The van der Waals surface area contributed by atoms with E-state index in [2.05, 4.69) is 41.0 Å². The second-order valence-corrected chi connectivity index (χ2v) is 5.09. The first-order valence-electron chi connectivity index (χ1n) is 6.42. The number of aryl methyl sites for hydroxylation is 1. The van der Waals surface area contributed by atoms with Gasteiger partial charge in [-0.25, -0.2) is 4.98 Å². The molecule has 1 aliphatic rings. The second kappa shape index (κ2) is 5.48. The predicted octanol–water partition coefficient (Wildman–Crippen LogP) is 0.288. The summed E-state index contributed by atoms with van der Waals surface area (Å²) in [4.78, 5) is 20.4. The Kier molecular flexibility index (Phi) is 3.96. The van der Waals surface area contributed by atoms with Gasteiger partial charge in [0.2, 0.25) is 5.91 Å². The van der Waals surface area contributed by atoms with Gasteiger partial charge >= 0.3 is 0 Å². The van der Waals surface area contributed by atoms with Gasteiger partial charge in [-0.15, -0.1) is 0 Å². The van der Waals surface area contributed by atoms with Gasteiger partial charge in [0.15, 0.2) is 0 Å². The van der Waals surface area contributed by atoms with Crippen molar-refractivity contribution in [3.8, 4) is 0 Å². The highest BCUT2D eigenvalue weighted by atomic mass is 16.2. The number of nitrogens with one attached hydrogen (secondary N) is 1. The molecule has 1 amide bonds. The van der Waals surface area contributed by atoms with Crippen molar-refractivity contribution in [1.29, 1.82) is 0 Å². The SMILES string of the molecule is C[C@@H]1CN(C(=O)CCc2ncn[nH]2)C[C@H](C)N1C. The van der Waals surface area contributed by atoms with Gasteiger partial charge in [-0.2, -0.15) is 5.10 Å². The predicted molar refractivity (Wildman–Crippen MR) is 68.0 cm³/mol. The van der Waals surface area contributed by atoms with E-state index in [1.807, 2.05) is 4.90 Å². The van der Waals surface area contributed by atoms with Gasteiger partial charge < -0.3 is 4.90 Å². The number of amides is 1. The Hall–Kier alpha value is -1.43. The van der Waals surface area contributed by atoms with Crippen LogP contribution in [0.1, 0.15) is 26.1 Å². The van der Waals surface area contributed by atoms with Gasteiger partial charge in [0, 0.05) is 38.0 Å². The number of hydrogen-bond donors (Lipinski definition) is 1. The number of aromatic amines is 1. The number of carbonyl (C=O) groups excluding carboxylic acids is 1. The van der Waals surface area contributed by atoms with E-state index in [-0.39, 0.29) is 5.91 Å². The van der Waals surface area contributed by atoms with Gasteiger partial charge in [-0.1, -0.05) is 0 Å². The average Bonchev–Trinajstić information content (AvgIpc) is 2.85. The van der Waals surface area contributed by atoms with Gasteiger partial charge in [0.05, 0.1) is 0 Å². The molecule has 1 aromatic heterocycles. The van der Waals surface area contributed by atoms with E-state index in [1.54, 1.807) is 0 Å². The summed E-state index contributed by atoms with van der Waals surface area (Å²) in [6.45, 7) is 5.95. The van der Waals surface area contributed by atoms with Crippen LogP contribution in [0.4, 0.5) is 0 Å². The van der Waals surface area contributed by atoms with Crippen LogP contribution >= 0.6 is 0 Å². The molecular weight excluding hydrogens is 230 g/mol. The number of nitrogens with zero attached hydrogens (tertiary/aromatic N) is 4. The molecule has 0 spiro atoms. The number of likely N-dealkylation sites (N-methyl/N-ethyl adjacent to an activating group) is 1. The topological polar surface area (TPSA) is 65.1 Å². The van der Waals surface area contributed by atoms with E-state index in [4.69, 9.17) is 0 Å². The summed E-state index contributed by atoms with van der Waals surface area (Å²) in [5.41, 5.74) is 0. The van der Waals surface area contributed by atoms with E-state index in [1.165, 1.54) is 6.33 Å². The van der Waals surface area contributed by atoms with Crippen molar-refractivity contribution < 1.29 is 4.79 Å². The van der Waals surface area contributed by atoms with Crippen molar-refractivity contribution in [1.82, 2.24) is 25.0 Å². The van der Waals surface area contributed by atoms with Gasteiger partial charge in [0.25, 0.3) is 0 Å². The minimum absolute atomic E-state index is 0.207. The zero-order valence-electron chi connectivity index (χ0n) is 11.3. The van der Waals surface area contributed by atoms with E-state index in [9.17, 15) is 4.79 Å². The lowest BCUT2D eigenvalue weighted by molar-refractivity contribution is -0.135. The van der Waals surface area contributed by atoms with Gasteiger partial charge in [0.1, 0.15) is 12.2 Å². The Bertz CT molecular complexity index is 379.